The first kappa shape index (κ1) is 13.6. The van der Waals surface area contributed by atoms with Gasteiger partial charge in [-0.15, -0.1) is 0 Å². The molecule has 0 bridgehead atoms. The minimum absolute atomic E-state index is 0.264. The Morgan fingerprint density at radius 1 is 1.16 bits per heavy atom. The highest BCUT2D eigenvalue weighted by molar-refractivity contribution is 7.89. The van der Waals surface area contributed by atoms with E-state index in [1.165, 1.54) is 12.6 Å². The lowest BCUT2D eigenvalue weighted by Crippen LogP contribution is -2.18. The molecule has 2 rings (SSSR count). The second-order valence-corrected chi connectivity index (χ2v) is 6.16. The van der Waals surface area contributed by atoms with Crippen molar-refractivity contribution in [3.8, 4) is 0 Å². The van der Waals surface area contributed by atoms with Crippen LogP contribution in [0.2, 0.25) is 0 Å². The lowest BCUT2D eigenvalue weighted by Gasteiger charge is -2.07. The van der Waals surface area contributed by atoms with Crippen molar-refractivity contribution >= 4 is 15.7 Å². The van der Waals surface area contributed by atoms with Gasteiger partial charge in [0.2, 0.25) is 10.0 Å². The minimum atomic E-state index is -3.36. The lowest BCUT2D eigenvalue weighted by molar-refractivity contribution is 0.588. The number of aryl methyl sites for hydroxylation is 1. The van der Waals surface area contributed by atoms with Gasteiger partial charge in [0.15, 0.2) is 0 Å². The van der Waals surface area contributed by atoms with Crippen molar-refractivity contribution in [3.63, 3.8) is 0 Å². The first-order chi connectivity index (χ1) is 9.01. The Bertz CT molecular complexity index is 645. The second kappa shape index (κ2) is 5.46. The van der Waals surface area contributed by atoms with Gasteiger partial charge in [-0.3, -0.25) is 0 Å². The Hall–Kier alpha value is -1.79. The van der Waals surface area contributed by atoms with Crippen molar-refractivity contribution in [3.05, 3.63) is 48.3 Å². The Labute approximate surface area is 113 Å². The number of aromatic nitrogens is 1. The normalized spacial score (nSPS) is 11.5. The van der Waals surface area contributed by atoms with Gasteiger partial charge in [-0.05, 0) is 42.9 Å². The molecule has 2 aromatic rings. The van der Waals surface area contributed by atoms with Crippen molar-refractivity contribution in [1.82, 2.24) is 9.29 Å². The van der Waals surface area contributed by atoms with E-state index in [1.807, 2.05) is 30.1 Å². The quantitative estimate of drug-likeness (QED) is 0.873. The fourth-order valence-electron chi connectivity index (χ4n) is 1.74. The highest BCUT2D eigenvalue weighted by Gasteiger charge is 2.10. The number of anilines is 1. The molecule has 0 saturated carbocycles. The van der Waals surface area contributed by atoms with Crippen LogP contribution in [0.15, 0.2) is 47.6 Å². The van der Waals surface area contributed by atoms with Gasteiger partial charge in [-0.2, -0.15) is 0 Å². The van der Waals surface area contributed by atoms with Crippen LogP contribution >= 0.6 is 0 Å². The molecule has 1 heterocycles. The van der Waals surface area contributed by atoms with Crippen molar-refractivity contribution < 1.29 is 8.42 Å². The van der Waals surface area contributed by atoms with Crippen molar-refractivity contribution in [1.29, 1.82) is 0 Å². The van der Waals surface area contributed by atoms with Crippen LogP contribution in [-0.2, 0) is 23.6 Å². The van der Waals surface area contributed by atoms with E-state index in [4.69, 9.17) is 0 Å². The number of hydrogen-bond donors (Lipinski definition) is 2. The predicted molar refractivity (Wildman–Crippen MR) is 75.4 cm³/mol. The molecule has 19 heavy (non-hydrogen) atoms. The zero-order chi connectivity index (χ0) is 13.9. The van der Waals surface area contributed by atoms with E-state index in [1.54, 1.807) is 24.3 Å². The summed E-state index contributed by atoms with van der Waals surface area (Å²) in [6.07, 6.45) is 4.02. The molecule has 0 aliphatic rings. The molecule has 0 radical (unpaired) electrons. The minimum Gasteiger partial charge on any atom is -0.381 e. The monoisotopic (exact) mass is 279 g/mol. The predicted octanol–water partition coefficient (Wildman–Crippen LogP) is 1.55. The first-order valence-corrected chi connectivity index (χ1v) is 7.38. The van der Waals surface area contributed by atoms with Gasteiger partial charge < -0.3 is 9.88 Å². The van der Waals surface area contributed by atoms with Crippen LogP contribution in [0, 0.1) is 0 Å². The number of nitrogens with one attached hydrogen (secondary N) is 2. The highest BCUT2D eigenvalue weighted by atomic mass is 32.2. The fraction of sp³-hybridized carbons (Fsp3) is 0.231. The number of hydrogen-bond acceptors (Lipinski definition) is 3. The van der Waals surface area contributed by atoms with Gasteiger partial charge in [0.25, 0.3) is 0 Å². The summed E-state index contributed by atoms with van der Waals surface area (Å²) in [6.45, 7) is 0.707. The Balaban J connectivity index is 2.03. The largest absolute Gasteiger partial charge is 0.381 e. The average Bonchev–Trinajstić information content (AvgIpc) is 2.83. The van der Waals surface area contributed by atoms with Crippen LogP contribution in [0.4, 0.5) is 5.69 Å². The van der Waals surface area contributed by atoms with Crippen LogP contribution in [-0.4, -0.2) is 20.0 Å². The summed E-state index contributed by atoms with van der Waals surface area (Å²) in [5, 5.41) is 3.24. The summed E-state index contributed by atoms with van der Waals surface area (Å²) in [6, 6.07) is 8.71. The maximum absolute atomic E-state index is 11.6. The van der Waals surface area contributed by atoms with Crippen molar-refractivity contribution in [2.24, 2.45) is 7.05 Å². The molecule has 0 fully saturated rings. The van der Waals surface area contributed by atoms with Gasteiger partial charge in [0, 0.05) is 31.7 Å². The topological polar surface area (TPSA) is 63.1 Å². The standard InChI is InChI=1S/C13H17N3O2S/c1-14-19(17,18)13-5-3-12(4-6-13)15-9-11-7-8-16(2)10-11/h3-8,10,14-15H,9H2,1-2H3. The average molecular weight is 279 g/mol. The van der Waals surface area contributed by atoms with Gasteiger partial charge in [0.05, 0.1) is 4.90 Å². The Morgan fingerprint density at radius 2 is 1.84 bits per heavy atom. The third-order valence-electron chi connectivity index (χ3n) is 2.82. The van der Waals surface area contributed by atoms with Crippen LogP contribution < -0.4 is 10.0 Å². The number of benzene rings is 1. The molecular weight excluding hydrogens is 262 g/mol. The Morgan fingerprint density at radius 3 is 2.37 bits per heavy atom. The second-order valence-electron chi connectivity index (χ2n) is 4.27. The molecule has 102 valence electrons. The van der Waals surface area contributed by atoms with Crippen LogP contribution in [0.1, 0.15) is 5.56 Å². The van der Waals surface area contributed by atoms with Gasteiger partial charge in [-0.1, -0.05) is 0 Å². The van der Waals surface area contributed by atoms with E-state index < -0.39 is 10.0 Å². The summed E-state index contributed by atoms with van der Waals surface area (Å²) < 4.78 is 27.4. The molecule has 0 aliphatic heterocycles. The molecule has 0 saturated heterocycles. The summed E-state index contributed by atoms with van der Waals surface area (Å²) in [7, 11) is 0.0130. The summed E-state index contributed by atoms with van der Waals surface area (Å²) in [5.74, 6) is 0. The molecule has 1 aromatic heterocycles. The molecule has 0 spiro atoms. The maximum Gasteiger partial charge on any atom is 0.240 e. The van der Waals surface area contributed by atoms with E-state index >= 15 is 0 Å². The first-order valence-electron chi connectivity index (χ1n) is 5.89. The van der Waals surface area contributed by atoms with Gasteiger partial charge in [0.1, 0.15) is 0 Å². The molecule has 2 N–H and O–H groups in total. The van der Waals surface area contributed by atoms with Gasteiger partial charge in [-0.25, -0.2) is 13.1 Å². The molecule has 6 heteroatoms. The summed E-state index contributed by atoms with van der Waals surface area (Å²) >= 11 is 0. The zero-order valence-corrected chi connectivity index (χ0v) is 11.7. The lowest BCUT2D eigenvalue weighted by atomic mass is 10.3. The number of sulfonamides is 1. The van der Waals surface area contributed by atoms with E-state index in [2.05, 4.69) is 10.0 Å². The molecule has 0 atom stereocenters. The molecule has 0 unspecified atom stereocenters. The molecule has 5 nitrogen and oxygen atoms in total. The third kappa shape index (κ3) is 3.36. The molecular formula is C13H17N3O2S. The molecule has 1 aromatic carbocycles. The van der Waals surface area contributed by atoms with Crippen LogP contribution in [0.5, 0.6) is 0 Å². The van der Waals surface area contributed by atoms with Gasteiger partial charge >= 0.3 is 0 Å². The highest BCUT2D eigenvalue weighted by Crippen LogP contribution is 2.14. The summed E-state index contributed by atoms with van der Waals surface area (Å²) in [5.41, 5.74) is 2.06. The smallest absolute Gasteiger partial charge is 0.240 e. The van der Waals surface area contributed by atoms with E-state index in [0.717, 1.165) is 5.69 Å². The van der Waals surface area contributed by atoms with Crippen LogP contribution in [0.25, 0.3) is 0 Å². The summed E-state index contributed by atoms with van der Waals surface area (Å²) in [4.78, 5) is 0.264. The molecule has 0 amide bonds. The van der Waals surface area contributed by atoms with E-state index in [9.17, 15) is 8.42 Å². The van der Waals surface area contributed by atoms with Crippen molar-refractivity contribution in [2.75, 3.05) is 12.4 Å². The molecule has 0 aliphatic carbocycles. The van der Waals surface area contributed by atoms with E-state index in [0.29, 0.717) is 6.54 Å². The van der Waals surface area contributed by atoms with E-state index in [-0.39, 0.29) is 4.90 Å². The third-order valence-corrected chi connectivity index (χ3v) is 4.25. The van der Waals surface area contributed by atoms with Crippen LogP contribution in [0.3, 0.4) is 0 Å². The zero-order valence-electron chi connectivity index (χ0n) is 10.9. The maximum atomic E-state index is 11.6. The SMILES string of the molecule is CNS(=O)(=O)c1ccc(NCc2ccn(C)c2)cc1. The fourth-order valence-corrected chi connectivity index (χ4v) is 2.47. The van der Waals surface area contributed by atoms with Crippen molar-refractivity contribution in [2.45, 2.75) is 11.4 Å². The Kier molecular flexibility index (Phi) is 3.92. The number of rotatable bonds is 5. The number of nitrogens with zero attached hydrogens (tertiary/aromatic N) is 1.